The molecule has 0 radical (unpaired) electrons. The zero-order chi connectivity index (χ0) is 27.9. The second kappa shape index (κ2) is 17.0. The van der Waals surface area contributed by atoms with Gasteiger partial charge in [-0.05, 0) is 54.8 Å². The molecular formula is C28H38ClN3O5S. The van der Waals surface area contributed by atoms with Crippen LogP contribution in [-0.4, -0.2) is 63.4 Å². The van der Waals surface area contributed by atoms with Crippen LogP contribution in [0.3, 0.4) is 0 Å². The first kappa shape index (κ1) is 31.5. The first-order chi connectivity index (χ1) is 18.3. The average molecular weight is 564 g/mol. The van der Waals surface area contributed by atoms with Crippen LogP contribution in [0.15, 0.2) is 48.5 Å². The van der Waals surface area contributed by atoms with Gasteiger partial charge >= 0.3 is 0 Å². The summed E-state index contributed by atoms with van der Waals surface area (Å²) in [5.74, 6) is -0.582. The van der Waals surface area contributed by atoms with Crippen LogP contribution < -0.4 is 20.7 Å². The minimum atomic E-state index is -0.577. The Bertz CT molecular complexity index is 1020. The molecule has 0 saturated carbocycles. The number of benzene rings is 2. The number of thiocarbonyl (C=S) groups is 1. The summed E-state index contributed by atoms with van der Waals surface area (Å²) in [7, 11) is 3.23. The molecule has 3 N–H and O–H groups in total. The monoisotopic (exact) mass is 563 g/mol. The largest absolute Gasteiger partial charge is 0.497 e. The van der Waals surface area contributed by atoms with Gasteiger partial charge in [0.2, 0.25) is 11.8 Å². The van der Waals surface area contributed by atoms with E-state index in [0.717, 1.165) is 17.7 Å². The molecule has 2 atom stereocenters. The van der Waals surface area contributed by atoms with Crippen molar-refractivity contribution in [1.82, 2.24) is 5.32 Å². The summed E-state index contributed by atoms with van der Waals surface area (Å²) in [5.41, 5.74) is 7.11. The van der Waals surface area contributed by atoms with E-state index in [1.165, 1.54) is 0 Å². The molecule has 0 unspecified atom stereocenters. The van der Waals surface area contributed by atoms with Crippen molar-refractivity contribution in [3.05, 3.63) is 59.1 Å². The predicted molar refractivity (Wildman–Crippen MR) is 155 cm³/mol. The standard InChI is InChI=1S/C28H38ClN3O5S/c1-4-5-21(19-26(30)33)28(34)32(23-10-8-22(29)9-11-23)25(18-20-6-12-24(36-3)13-7-20)27(38)31-14-15-37-17-16-35-2/h6-13,21,25H,4-5,14-19H2,1-3H3,(H2,30,33)(H,31,38)/t21-,25+/m1/s1. The van der Waals surface area contributed by atoms with Gasteiger partial charge in [-0.1, -0.05) is 49.3 Å². The van der Waals surface area contributed by atoms with E-state index in [0.29, 0.717) is 54.9 Å². The van der Waals surface area contributed by atoms with E-state index in [2.05, 4.69) is 5.32 Å². The minimum Gasteiger partial charge on any atom is -0.497 e. The zero-order valence-corrected chi connectivity index (χ0v) is 23.9. The Morgan fingerprint density at radius 3 is 2.32 bits per heavy atom. The van der Waals surface area contributed by atoms with E-state index in [1.54, 1.807) is 43.4 Å². The maximum absolute atomic E-state index is 14.1. The first-order valence-electron chi connectivity index (χ1n) is 12.6. The fourth-order valence-electron chi connectivity index (χ4n) is 4.06. The highest BCUT2D eigenvalue weighted by atomic mass is 35.5. The molecule has 0 aliphatic rings. The van der Waals surface area contributed by atoms with Crippen molar-refractivity contribution in [2.75, 3.05) is 45.5 Å². The molecule has 0 bridgehead atoms. The van der Waals surface area contributed by atoms with Crippen molar-refractivity contribution in [1.29, 1.82) is 0 Å². The third-order valence-corrected chi connectivity index (χ3v) is 6.62. The van der Waals surface area contributed by atoms with Crippen LogP contribution in [0.5, 0.6) is 5.75 Å². The molecule has 10 heteroatoms. The number of anilines is 1. The second-order valence-electron chi connectivity index (χ2n) is 8.80. The van der Waals surface area contributed by atoms with Gasteiger partial charge in [-0.3, -0.25) is 9.59 Å². The Kier molecular flexibility index (Phi) is 14.1. The van der Waals surface area contributed by atoms with Gasteiger partial charge < -0.3 is 30.2 Å². The fourth-order valence-corrected chi connectivity index (χ4v) is 4.47. The van der Waals surface area contributed by atoms with Gasteiger partial charge in [0, 0.05) is 36.7 Å². The summed E-state index contributed by atoms with van der Waals surface area (Å²) in [4.78, 5) is 28.1. The number of nitrogens with two attached hydrogens (primary N) is 1. The second-order valence-corrected chi connectivity index (χ2v) is 9.68. The van der Waals surface area contributed by atoms with Crippen molar-refractivity contribution in [2.45, 2.75) is 38.6 Å². The van der Waals surface area contributed by atoms with Crippen molar-refractivity contribution >= 4 is 46.3 Å². The molecule has 0 aliphatic heterocycles. The third kappa shape index (κ3) is 10.2. The molecule has 2 amide bonds. The van der Waals surface area contributed by atoms with Crippen molar-refractivity contribution in [3.8, 4) is 5.75 Å². The minimum absolute atomic E-state index is 0.0421. The lowest BCUT2D eigenvalue weighted by Crippen LogP contribution is -2.53. The Labute approximate surface area is 235 Å². The maximum atomic E-state index is 14.1. The SMILES string of the molecule is CCC[C@H](CC(N)=O)C(=O)N(c1ccc(Cl)cc1)[C@@H](Cc1ccc(OC)cc1)C(=S)NCCOCCOC. The van der Waals surface area contributed by atoms with Crippen molar-refractivity contribution < 1.29 is 23.8 Å². The summed E-state index contributed by atoms with van der Waals surface area (Å²) in [6.45, 7) is 3.83. The van der Waals surface area contributed by atoms with Crippen molar-refractivity contribution in [2.24, 2.45) is 11.7 Å². The van der Waals surface area contributed by atoms with Gasteiger partial charge in [0.15, 0.2) is 0 Å². The summed E-state index contributed by atoms with van der Waals surface area (Å²) >= 11 is 12.0. The Balaban J connectivity index is 2.44. The van der Waals surface area contributed by atoms with E-state index < -0.39 is 17.9 Å². The van der Waals surface area contributed by atoms with Gasteiger partial charge in [0.25, 0.3) is 0 Å². The molecule has 0 spiro atoms. The Morgan fingerprint density at radius 2 is 1.74 bits per heavy atom. The molecule has 38 heavy (non-hydrogen) atoms. The molecule has 0 heterocycles. The van der Waals surface area contributed by atoms with Crippen LogP contribution in [0.25, 0.3) is 0 Å². The number of ether oxygens (including phenoxy) is 3. The lowest BCUT2D eigenvalue weighted by Gasteiger charge is -2.35. The number of amides is 2. The van der Waals surface area contributed by atoms with Gasteiger partial charge in [0.05, 0.1) is 38.0 Å². The number of nitrogens with zero attached hydrogens (tertiary/aromatic N) is 1. The summed E-state index contributed by atoms with van der Waals surface area (Å²) in [6, 6.07) is 14.1. The molecule has 0 saturated heterocycles. The number of primary amides is 1. The molecule has 8 nitrogen and oxygen atoms in total. The van der Waals surface area contributed by atoms with E-state index in [9.17, 15) is 9.59 Å². The normalized spacial score (nSPS) is 12.4. The van der Waals surface area contributed by atoms with E-state index in [1.807, 2.05) is 31.2 Å². The maximum Gasteiger partial charge on any atom is 0.231 e. The molecule has 2 rings (SSSR count). The van der Waals surface area contributed by atoms with Gasteiger partial charge in [0.1, 0.15) is 5.75 Å². The summed E-state index contributed by atoms with van der Waals surface area (Å²) in [5, 5.41) is 3.81. The molecule has 208 valence electrons. The lowest BCUT2D eigenvalue weighted by molar-refractivity contribution is -0.127. The quantitative estimate of drug-likeness (QED) is 0.220. The number of carbonyl (C=O) groups is 2. The number of nitrogens with one attached hydrogen (secondary N) is 1. The molecule has 2 aromatic rings. The fraction of sp³-hybridized carbons (Fsp3) is 0.464. The smallest absolute Gasteiger partial charge is 0.231 e. The van der Waals surface area contributed by atoms with Crippen LogP contribution in [0, 0.1) is 5.92 Å². The molecule has 0 aromatic heterocycles. The number of hydrogen-bond donors (Lipinski definition) is 2. The third-order valence-electron chi connectivity index (χ3n) is 5.96. The van der Waals surface area contributed by atoms with Crippen LogP contribution in [0.1, 0.15) is 31.7 Å². The Morgan fingerprint density at radius 1 is 1.05 bits per heavy atom. The highest BCUT2D eigenvalue weighted by Crippen LogP contribution is 2.27. The lowest BCUT2D eigenvalue weighted by atomic mass is 9.95. The highest BCUT2D eigenvalue weighted by Gasteiger charge is 2.34. The van der Waals surface area contributed by atoms with Gasteiger partial charge in [-0.15, -0.1) is 0 Å². The summed E-state index contributed by atoms with van der Waals surface area (Å²) < 4.78 is 15.9. The zero-order valence-electron chi connectivity index (χ0n) is 22.3. The molecular weight excluding hydrogens is 526 g/mol. The number of methoxy groups -OCH3 is 2. The van der Waals surface area contributed by atoms with E-state index >= 15 is 0 Å². The average Bonchev–Trinajstić information content (AvgIpc) is 2.91. The number of hydrogen-bond acceptors (Lipinski definition) is 6. The molecule has 2 aromatic carbocycles. The first-order valence-corrected chi connectivity index (χ1v) is 13.4. The Hall–Kier alpha value is -2.72. The van der Waals surface area contributed by atoms with Crippen LogP contribution in [0.2, 0.25) is 5.02 Å². The number of halogens is 1. The number of carbonyl (C=O) groups excluding carboxylic acids is 2. The van der Waals surface area contributed by atoms with Crippen LogP contribution >= 0.6 is 23.8 Å². The van der Waals surface area contributed by atoms with E-state index in [4.69, 9.17) is 43.8 Å². The van der Waals surface area contributed by atoms with Gasteiger partial charge in [-0.2, -0.15) is 0 Å². The van der Waals surface area contributed by atoms with Crippen molar-refractivity contribution in [3.63, 3.8) is 0 Å². The van der Waals surface area contributed by atoms with Crippen LogP contribution in [-0.2, 0) is 25.5 Å². The van der Waals surface area contributed by atoms with E-state index in [-0.39, 0.29) is 12.3 Å². The van der Waals surface area contributed by atoms with Gasteiger partial charge in [-0.25, -0.2) is 0 Å². The van der Waals surface area contributed by atoms with Crippen LogP contribution in [0.4, 0.5) is 5.69 Å². The molecule has 0 aliphatic carbocycles. The summed E-state index contributed by atoms with van der Waals surface area (Å²) in [6.07, 6.45) is 1.64. The topological polar surface area (TPSA) is 103 Å². The molecule has 0 fully saturated rings. The highest BCUT2D eigenvalue weighted by molar-refractivity contribution is 7.80. The predicted octanol–water partition coefficient (Wildman–Crippen LogP) is 4.16. The number of rotatable bonds is 17.